The Morgan fingerprint density at radius 1 is 0.641 bits per heavy atom. The first-order chi connectivity index (χ1) is 30.2. The lowest BCUT2D eigenvalue weighted by atomic mass is 9.99. The molecule has 0 radical (unpaired) electrons. The lowest BCUT2D eigenvalue weighted by Crippen LogP contribution is -2.48. The zero-order chi connectivity index (χ0) is 46.5. The largest absolute Gasteiger partial charge is 0.478 e. The standard InChI is InChI=1S/C35H37F2N3O3.C16H19NO3.CH4/c1-5-12-40(13-6-2)35(43)29-16-25(8-4)15-28(20-29)34(42)39-32(19-27-17-30(36)21-31(37)18-27)33(41)23-38-22-26-11-9-10-24(7-3)14-26;1-4-7-17(8-5-2)15(18)13-9-12(6-3)10-14(11-13)16(19)20;/h3-4,9-11,14-18,20-21,32-33,38,41H,5-6,12-13,19,22-23H2,1-2H3,(H,39,42);3,9-11H,4-5,7-8H2,1-2H3,(H,19,20);1H4/t32-,33+;;/m0../s1. The molecular formula is C52H60F2N4O6. The molecule has 3 amide bonds. The molecule has 12 heteroatoms. The molecule has 4 aromatic carbocycles. The van der Waals surface area contributed by atoms with Gasteiger partial charge in [0.25, 0.3) is 17.7 Å². The van der Waals surface area contributed by atoms with E-state index in [2.05, 4.69) is 28.4 Å². The summed E-state index contributed by atoms with van der Waals surface area (Å²) in [5.74, 6) is 3.83. The topological polar surface area (TPSA) is 139 Å². The number of aromatic carboxylic acids is 1. The molecule has 338 valence electrons. The predicted octanol–water partition coefficient (Wildman–Crippen LogP) is 7.95. The number of nitrogens with one attached hydrogen (secondary N) is 2. The van der Waals surface area contributed by atoms with Gasteiger partial charge in [-0.1, -0.05) is 65.0 Å². The van der Waals surface area contributed by atoms with Gasteiger partial charge in [-0.15, -0.1) is 19.3 Å². The number of carbonyl (C=O) groups is 4. The zero-order valence-electron chi connectivity index (χ0n) is 36.3. The second-order valence-corrected chi connectivity index (χ2v) is 14.9. The Morgan fingerprint density at radius 2 is 1.11 bits per heavy atom. The van der Waals surface area contributed by atoms with Crippen molar-refractivity contribution in [2.24, 2.45) is 0 Å². The van der Waals surface area contributed by atoms with Crippen molar-refractivity contribution in [3.63, 3.8) is 0 Å². The number of carboxylic acid groups (broad SMARTS) is 1. The van der Waals surface area contributed by atoms with Gasteiger partial charge in [-0.2, -0.15) is 0 Å². The van der Waals surface area contributed by atoms with Crippen molar-refractivity contribution in [1.82, 2.24) is 20.4 Å². The number of amides is 3. The van der Waals surface area contributed by atoms with Gasteiger partial charge in [-0.25, -0.2) is 13.6 Å². The second-order valence-electron chi connectivity index (χ2n) is 14.9. The summed E-state index contributed by atoms with van der Waals surface area (Å²) in [4.78, 5) is 53.7. The molecule has 0 aromatic heterocycles. The Labute approximate surface area is 377 Å². The van der Waals surface area contributed by atoms with Crippen LogP contribution in [0.2, 0.25) is 0 Å². The Hall–Kier alpha value is -6.78. The van der Waals surface area contributed by atoms with E-state index >= 15 is 0 Å². The summed E-state index contributed by atoms with van der Waals surface area (Å²) in [7, 11) is 0. The van der Waals surface area contributed by atoms with E-state index in [0.717, 1.165) is 55.0 Å². The molecule has 64 heavy (non-hydrogen) atoms. The summed E-state index contributed by atoms with van der Waals surface area (Å²) in [6, 6.07) is 18.3. The van der Waals surface area contributed by atoms with Crippen LogP contribution in [0.4, 0.5) is 8.78 Å². The number of terminal acetylenes is 3. The highest BCUT2D eigenvalue weighted by atomic mass is 19.1. The van der Waals surface area contributed by atoms with Crippen molar-refractivity contribution in [1.29, 1.82) is 0 Å². The van der Waals surface area contributed by atoms with Crippen LogP contribution in [0.3, 0.4) is 0 Å². The first kappa shape index (κ1) is 53.4. The SMILES string of the molecule is C.C#Cc1cc(C(=O)O)cc(C(=O)N(CCC)CCC)c1.C#Cc1cccc(CNC[C@@H](O)[C@H](Cc2cc(F)cc(F)c2)NC(=O)c2cc(C#C)cc(C(=O)N(CCC)CCC)c2)c1. The van der Waals surface area contributed by atoms with Gasteiger partial charge in [0.05, 0.1) is 17.7 Å². The van der Waals surface area contributed by atoms with Crippen molar-refractivity contribution in [3.05, 3.63) is 141 Å². The van der Waals surface area contributed by atoms with Crippen molar-refractivity contribution < 1.29 is 38.2 Å². The van der Waals surface area contributed by atoms with Crippen LogP contribution < -0.4 is 10.6 Å². The first-order valence-electron chi connectivity index (χ1n) is 21.0. The maximum atomic E-state index is 14.0. The van der Waals surface area contributed by atoms with Gasteiger partial charge in [0.1, 0.15) is 11.6 Å². The fourth-order valence-corrected chi connectivity index (χ4v) is 6.79. The van der Waals surface area contributed by atoms with E-state index in [4.69, 9.17) is 24.4 Å². The Bertz CT molecular complexity index is 2310. The third-order valence-electron chi connectivity index (χ3n) is 9.69. The van der Waals surface area contributed by atoms with E-state index < -0.39 is 35.7 Å². The van der Waals surface area contributed by atoms with Crippen LogP contribution in [0.1, 0.15) is 130 Å². The van der Waals surface area contributed by atoms with E-state index in [1.165, 1.54) is 24.3 Å². The van der Waals surface area contributed by atoms with Crippen molar-refractivity contribution >= 4 is 23.7 Å². The van der Waals surface area contributed by atoms with E-state index in [-0.39, 0.29) is 54.5 Å². The smallest absolute Gasteiger partial charge is 0.335 e. The normalized spacial score (nSPS) is 11.2. The molecule has 0 unspecified atom stereocenters. The fourth-order valence-electron chi connectivity index (χ4n) is 6.79. The second kappa shape index (κ2) is 27.3. The average molecular weight is 875 g/mol. The fraction of sp³-hybridized carbons (Fsp3) is 0.346. The van der Waals surface area contributed by atoms with E-state index in [1.54, 1.807) is 28.0 Å². The number of hydrogen-bond donors (Lipinski definition) is 4. The number of halogens is 2. The number of hydrogen-bond acceptors (Lipinski definition) is 6. The lowest BCUT2D eigenvalue weighted by Gasteiger charge is -2.25. The third kappa shape index (κ3) is 16.5. The van der Waals surface area contributed by atoms with Crippen LogP contribution in [-0.4, -0.2) is 88.6 Å². The molecule has 0 aliphatic rings. The Kier molecular flexibility index (Phi) is 22.8. The molecule has 0 heterocycles. The van der Waals surface area contributed by atoms with Gasteiger partial charge in [0.2, 0.25) is 0 Å². The summed E-state index contributed by atoms with van der Waals surface area (Å²) < 4.78 is 27.9. The van der Waals surface area contributed by atoms with Gasteiger partial charge >= 0.3 is 5.97 Å². The highest BCUT2D eigenvalue weighted by molar-refractivity contribution is 6.00. The number of aliphatic hydroxyl groups excluding tert-OH is 1. The predicted molar refractivity (Wildman–Crippen MR) is 249 cm³/mol. The van der Waals surface area contributed by atoms with E-state index in [0.29, 0.717) is 49.4 Å². The van der Waals surface area contributed by atoms with Crippen LogP contribution in [0.25, 0.3) is 0 Å². The monoisotopic (exact) mass is 874 g/mol. The van der Waals surface area contributed by atoms with Crippen LogP contribution in [0.15, 0.2) is 78.9 Å². The molecule has 0 aliphatic heterocycles. The maximum absolute atomic E-state index is 14.0. The van der Waals surface area contributed by atoms with Crippen molar-refractivity contribution in [2.45, 2.75) is 85.9 Å². The van der Waals surface area contributed by atoms with Crippen LogP contribution in [0.5, 0.6) is 0 Å². The molecule has 4 aromatic rings. The highest BCUT2D eigenvalue weighted by Gasteiger charge is 2.25. The molecule has 4 rings (SSSR count). The number of aliphatic hydroxyl groups is 1. The molecule has 0 aliphatic carbocycles. The summed E-state index contributed by atoms with van der Waals surface area (Å²) in [5, 5.41) is 26.1. The van der Waals surface area contributed by atoms with Gasteiger partial charge in [0, 0.05) is 78.7 Å². The van der Waals surface area contributed by atoms with Gasteiger partial charge in [0.15, 0.2) is 0 Å². The third-order valence-corrected chi connectivity index (χ3v) is 9.69. The van der Waals surface area contributed by atoms with Gasteiger partial charge in [-0.05, 0) is 104 Å². The van der Waals surface area contributed by atoms with Crippen molar-refractivity contribution in [3.8, 4) is 37.0 Å². The molecule has 0 fully saturated rings. The molecule has 0 saturated heterocycles. The molecule has 0 spiro atoms. The zero-order valence-corrected chi connectivity index (χ0v) is 36.3. The number of benzene rings is 4. The minimum Gasteiger partial charge on any atom is -0.478 e. The number of rotatable bonds is 20. The lowest BCUT2D eigenvalue weighted by molar-refractivity contribution is 0.0695. The quantitative estimate of drug-likeness (QED) is 0.0662. The summed E-state index contributed by atoms with van der Waals surface area (Å²) in [6.07, 6.45) is 18.5. The summed E-state index contributed by atoms with van der Waals surface area (Å²) in [5.41, 5.74) is 3.42. The molecule has 2 atom stereocenters. The van der Waals surface area contributed by atoms with Gasteiger partial charge < -0.3 is 30.6 Å². The Balaban J connectivity index is 0.000000563. The van der Waals surface area contributed by atoms with Crippen molar-refractivity contribution in [2.75, 3.05) is 32.7 Å². The minimum atomic E-state index is -1.15. The minimum absolute atomic E-state index is 0. The number of carbonyl (C=O) groups excluding carboxylic acids is 3. The highest BCUT2D eigenvalue weighted by Crippen LogP contribution is 2.17. The maximum Gasteiger partial charge on any atom is 0.335 e. The molecule has 10 nitrogen and oxygen atoms in total. The number of nitrogens with zero attached hydrogens (tertiary/aromatic N) is 2. The number of carboxylic acids is 1. The van der Waals surface area contributed by atoms with E-state index in [9.17, 15) is 33.1 Å². The summed E-state index contributed by atoms with van der Waals surface area (Å²) in [6.45, 7) is 10.8. The summed E-state index contributed by atoms with van der Waals surface area (Å²) >= 11 is 0. The molecular weight excluding hydrogens is 815 g/mol. The average Bonchev–Trinajstić information content (AvgIpc) is 3.27. The van der Waals surface area contributed by atoms with E-state index in [1.807, 2.05) is 45.9 Å². The van der Waals surface area contributed by atoms with Crippen LogP contribution in [0, 0.1) is 48.7 Å². The van der Waals surface area contributed by atoms with Gasteiger partial charge in [-0.3, -0.25) is 14.4 Å². The Morgan fingerprint density at radius 3 is 1.58 bits per heavy atom. The molecule has 4 N–H and O–H groups in total. The first-order valence-corrected chi connectivity index (χ1v) is 21.0. The van der Waals surface area contributed by atoms with Crippen LogP contribution >= 0.6 is 0 Å². The van der Waals surface area contributed by atoms with Crippen LogP contribution in [-0.2, 0) is 13.0 Å². The molecule has 0 saturated carbocycles. The molecule has 0 bridgehead atoms.